The third-order valence-corrected chi connectivity index (χ3v) is 3.33. The topological polar surface area (TPSA) is 46.0 Å². The summed E-state index contributed by atoms with van der Waals surface area (Å²) in [6, 6.07) is 0. The molecule has 96 valence electrons. The zero-order valence-corrected chi connectivity index (χ0v) is 11.1. The van der Waals surface area contributed by atoms with Crippen molar-refractivity contribution in [2.45, 2.75) is 33.2 Å². The van der Waals surface area contributed by atoms with Crippen molar-refractivity contribution in [3.63, 3.8) is 0 Å². The number of aromatic nitrogens is 3. The van der Waals surface area contributed by atoms with Gasteiger partial charge in [-0.05, 0) is 6.92 Å². The van der Waals surface area contributed by atoms with E-state index in [1.807, 2.05) is 6.92 Å². The van der Waals surface area contributed by atoms with Crippen molar-refractivity contribution in [3.8, 4) is 0 Å². The van der Waals surface area contributed by atoms with E-state index in [1.165, 1.54) is 0 Å². The van der Waals surface area contributed by atoms with Crippen LogP contribution in [0.4, 0.5) is 0 Å². The van der Waals surface area contributed by atoms with Crippen LogP contribution in [0.1, 0.15) is 31.4 Å². The predicted octanol–water partition coefficient (Wildman–Crippen LogP) is 0.615. The first-order chi connectivity index (χ1) is 8.18. The van der Waals surface area contributed by atoms with Gasteiger partial charge in [0.15, 0.2) is 0 Å². The predicted molar refractivity (Wildman–Crippen MR) is 68.2 cm³/mol. The molecule has 0 spiro atoms. The van der Waals surface area contributed by atoms with Gasteiger partial charge in [-0.1, -0.05) is 13.8 Å². The van der Waals surface area contributed by atoms with Crippen molar-refractivity contribution in [1.82, 2.24) is 25.0 Å². The summed E-state index contributed by atoms with van der Waals surface area (Å²) in [6.45, 7) is 13.0. The molecule has 0 aliphatic carbocycles. The molecule has 2 heterocycles. The first-order valence-electron chi connectivity index (χ1n) is 6.51. The van der Waals surface area contributed by atoms with Crippen molar-refractivity contribution >= 4 is 0 Å². The first kappa shape index (κ1) is 12.5. The molecule has 0 aromatic carbocycles. The van der Waals surface area contributed by atoms with Crippen LogP contribution >= 0.6 is 0 Å². The Kier molecular flexibility index (Phi) is 4.12. The van der Waals surface area contributed by atoms with Crippen molar-refractivity contribution in [1.29, 1.82) is 0 Å². The molecule has 1 N–H and O–H groups in total. The summed E-state index contributed by atoms with van der Waals surface area (Å²) in [7, 11) is 0. The monoisotopic (exact) mass is 237 g/mol. The van der Waals surface area contributed by atoms with Gasteiger partial charge in [-0.15, -0.1) is 10.2 Å². The Morgan fingerprint density at radius 2 is 1.88 bits per heavy atom. The van der Waals surface area contributed by atoms with Crippen LogP contribution < -0.4 is 5.32 Å². The molecule has 1 aliphatic rings. The van der Waals surface area contributed by atoms with Gasteiger partial charge in [-0.2, -0.15) is 0 Å². The molecule has 0 atom stereocenters. The Bertz CT molecular complexity index is 352. The van der Waals surface area contributed by atoms with Crippen LogP contribution in [0.5, 0.6) is 0 Å². The highest BCUT2D eigenvalue weighted by Crippen LogP contribution is 2.13. The molecule has 5 heteroatoms. The molecule has 5 nitrogen and oxygen atoms in total. The Hall–Kier alpha value is -0.940. The van der Waals surface area contributed by atoms with Crippen LogP contribution in [0.15, 0.2) is 0 Å². The molecule has 17 heavy (non-hydrogen) atoms. The largest absolute Gasteiger partial charge is 0.314 e. The van der Waals surface area contributed by atoms with Crippen LogP contribution in [0.2, 0.25) is 0 Å². The molecule has 2 rings (SSSR count). The van der Waals surface area contributed by atoms with E-state index in [4.69, 9.17) is 0 Å². The van der Waals surface area contributed by atoms with E-state index in [2.05, 4.69) is 38.8 Å². The third-order valence-electron chi connectivity index (χ3n) is 3.33. The molecule has 1 aliphatic heterocycles. The molecule has 0 radical (unpaired) electrons. The van der Waals surface area contributed by atoms with Crippen LogP contribution in [0.3, 0.4) is 0 Å². The van der Waals surface area contributed by atoms with Crippen LogP contribution in [-0.2, 0) is 6.54 Å². The maximum absolute atomic E-state index is 4.26. The van der Waals surface area contributed by atoms with Gasteiger partial charge in [-0.25, -0.2) is 0 Å². The molecule has 1 saturated heterocycles. The summed E-state index contributed by atoms with van der Waals surface area (Å²) >= 11 is 0. The highest BCUT2D eigenvalue weighted by molar-refractivity contribution is 4.98. The summed E-state index contributed by atoms with van der Waals surface area (Å²) in [4.78, 5) is 2.50. The normalized spacial score (nSPS) is 17.9. The van der Waals surface area contributed by atoms with Crippen molar-refractivity contribution in [3.05, 3.63) is 11.6 Å². The summed E-state index contributed by atoms with van der Waals surface area (Å²) in [6.07, 6.45) is 0. The van der Waals surface area contributed by atoms with Gasteiger partial charge in [0.1, 0.15) is 11.6 Å². The number of nitrogens with zero attached hydrogens (tertiary/aromatic N) is 4. The SMILES string of the molecule is Cc1nnc(C(C)C)n1CCN1CCNCC1. The Morgan fingerprint density at radius 1 is 1.18 bits per heavy atom. The van der Waals surface area contributed by atoms with Gasteiger partial charge in [0, 0.05) is 45.2 Å². The number of aryl methyl sites for hydroxylation is 1. The average molecular weight is 237 g/mol. The van der Waals surface area contributed by atoms with Gasteiger partial charge >= 0.3 is 0 Å². The lowest BCUT2D eigenvalue weighted by Gasteiger charge is -2.27. The fourth-order valence-corrected chi connectivity index (χ4v) is 2.28. The Morgan fingerprint density at radius 3 is 2.53 bits per heavy atom. The highest BCUT2D eigenvalue weighted by Gasteiger charge is 2.14. The second-order valence-electron chi connectivity index (χ2n) is 5.00. The van der Waals surface area contributed by atoms with Gasteiger partial charge < -0.3 is 9.88 Å². The molecule has 1 fully saturated rings. The fraction of sp³-hybridized carbons (Fsp3) is 0.833. The van der Waals surface area contributed by atoms with Gasteiger partial charge in [0.25, 0.3) is 0 Å². The Balaban J connectivity index is 1.95. The quantitative estimate of drug-likeness (QED) is 0.833. The summed E-state index contributed by atoms with van der Waals surface area (Å²) in [5.41, 5.74) is 0. The molecular weight excluding hydrogens is 214 g/mol. The minimum atomic E-state index is 0.444. The molecule has 0 saturated carbocycles. The number of rotatable bonds is 4. The molecule has 0 bridgehead atoms. The highest BCUT2D eigenvalue weighted by atomic mass is 15.3. The molecular formula is C12H23N5. The molecule has 1 aromatic rings. The molecule has 1 aromatic heterocycles. The molecule has 0 unspecified atom stereocenters. The Labute approximate surface area is 103 Å². The maximum atomic E-state index is 4.26. The first-order valence-corrected chi connectivity index (χ1v) is 6.51. The lowest BCUT2D eigenvalue weighted by Crippen LogP contribution is -2.44. The van der Waals surface area contributed by atoms with Gasteiger partial charge in [0.2, 0.25) is 0 Å². The van der Waals surface area contributed by atoms with E-state index in [0.717, 1.165) is 50.9 Å². The number of hydrogen-bond donors (Lipinski definition) is 1. The second-order valence-corrected chi connectivity index (χ2v) is 5.00. The van der Waals surface area contributed by atoms with Crippen molar-refractivity contribution in [2.24, 2.45) is 0 Å². The van der Waals surface area contributed by atoms with Crippen molar-refractivity contribution < 1.29 is 0 Å². The smallest absolute Gasteiger partial charge is 0.135 e. The van der Waals surface area contributed by atoms with E-state index in [-0.39, 0.29) is 0 Å². The maximum Gasteiger partial charge on any atom is 0.135 e. The minimum absolute atomic E-state index is 0.444. The van der Waals surface area contributed by atoms with Gasteiger partial charge in [-0.3, -0.25) is 4.90 Å². The summed E-state index contributed by atoms with van der Waals surface area (Å²) in [5.74, 6) is 2.58. The zero-order chi connectivity index (χ0) is 12.3. The van der Waals surface area contributed by atoms with E-state index >= 15 is 0 Å². The van der Waals surface area contributed by atoms with E-state index in [1.54, 1.807) is 0 Å². The standard InChI is InChI=1S/C12H23N5/c1-10(2)12-15-14-11(3)17(12)9-8-16-6-4-13-5-7-16/h10,13H,4-9H2,1-3H3. The van der Waals surface area contributed by atoms with E-state index < -0.39 is 0 Å². The van der Waals surface area contributed by atoms with Gasteiger partial charge in [0.05, 0.1) is 0 Å². The zero-order valence-electron chi connectivity index (χ0n) is 11.1. The van der Waals surface area contributed by atoms with Crippen LogP contribution in [0, 0.1) is 6.92 Å². The second kappa shape index (κ2) is 5.60. The van der Waals surface area contributed by atoms with Crippen molar-refractivity contribution in [2.75, 3.05) is 32.7 Å². The lowest BCUT2D eigenvalue weighted by molar-refractivity contribution is 0.231. The number of piperazine rings is 1. The van der Waals surface area contributed by atoms with E-state index in [0.29, 0.717) is 5.92 Å². The van der Waals surface area contributed by atoms with Crippen LogP contribution in [0.25, 0.3) is 0 Å². The fourth-order valence-electron chi connectivity index (χ4n) is 2.28. The summed E-state index contributed by atoms with van der Waals surface area (Å²) < 4.78 is 2.26. The lowest BCUT2D eigenvalue weighted by atomic mass is 10.2. The summed E-state index contributed by atoms with van der Waals surface area (Å²) in [5, 5.41) is 11.8. The number of nitrogens with one attached hydrogen (secondary N) is 1. The third kappa shape index (κ3) is 3.04. The minimum Gasteiger partial charge on any atom is -0.314 e. The van der Waals surface area contributed by atoms with E-state index in [9.17, 15) is 0 Å². The van der Waals surface area contributed by atoms with Crippen LogP contribution in [-0.4, -0.2) is 52.4 Å². The average Bonchev–Trinajstić information content (AvgIpc) is 2.69. The number of hydrogen-bond acceptors (Lipinski definition) is 4. The molecule has 0 amide bonds.